The number of carbonyl (C=O) groups is 2. The first-order valence-electron chi connectivity index (χ1n) is 9.88. The molecule has 0 spiro atoms. The number of halogens is 3. The summed E-state index contributed by atoms with van der Waals surface area (Å²) in [4.78, 5) is 30.0. The summed E-state index contributed by atoms with van der Waals surface area (Å²) in [5, 5.41) is 12.4. The van der Waals surface area contributed by atoms with Crippen molar-refractivity contribution in [2.24, 2.45) is 7.05 Å². The van der Waals surface area contributed by atoms with E-state index in [2.05, 4.69) is 30.8 Å². The van der Waals surface area contributed by atoms with Gasteiger partial charge in [-0.2, -0.15) is 5.10 Å². The van der Waals surface area contributed by atoms with E-state index in [1.807, 2.05) is 0 Å². The summed E-state index contributed by atoms with van der Waals surface area (Å²) >= 11 is 0. The van der Waals surface area contributed by atoms with Crippen LogP contribution in [0.1, 0.15) is 15.9 Å². The minimum atomic E-state index is -4.84. The molecule has 0 bridgehead atoms. The van der Waals surface area contributed by atoms with Gasteiger partial charge in [0.25, 0.3) is 5.91 Å². The average molecular weight is 477 g/mol. The summed E-state index contributed by atoms with van der Waals surface area (Å²) in [5.41, 5.74) is 1.07. The largest absolute Gasteiger partial charge is 0.573 e. The maximum Gasteiger partial charge on any atom is 0.573 e. The molecule has 13 heteroatoms. The number of alkyl halides is 3. The zero-order valence-corrected chi connectivity index (χ0v) is 18.5. The van der Waals surface area contributed by atoms with Crippen molar-refractivity contribution in [3.05, 3.63) is 59.9 Å². The van der Waals surface area contributed by atoms with Crippen molar-refractivity contribution in [1.29, 1.82) is 0 Å². The van der Waals surface area contributed by atoms with Gasteiger partial charge < -0.3 is 20.3 Å². The van der Waals surface area contributed by atoms with Crippen LogP contribution in [-0.2, 0) is 13.6 Å². The van der Waals surface area contributed by atoms with Gasteiger partial charge in [-0.05, 0) is 29.8 Å². The Morgan fingerprint density at radius 3 is 2.62 bits per heavy atom. The first-order valence-corrected chi connectivity index (χ1v) is 9.88. The Labute approximate surface area is 192 Å². The van der Waals surface area contributed by atoms with Crippen LogP contribution in [-0.4, -0.2) is 52.1 Å². The molecule has 0 unspecified atom stereocenters. The molecule has 0 saturated heterocycles. The van der Waals surface area contributed by atoms with Crippen LogP contribution in [0.25, 0.3) is 0 Å². The molecule has 0 saturated carbocycles. The molecular formula is C21H22F3N7O3. The predicted molar refractivity (Wildman–Crippen MR) is 119 cm³/mol. The van der Waals surface area contributed by atoms with Crippen LogP contribution in [0.3, 0.4) is 0 Å². The number of carbonyl (C=O) groups excluding carboxylic acids is 2. The Morgan fingerprint density at radius 2 is 1.91 bits per heavy atom. The van der Waals surface area contributed by atoms with Crippen molar-refractivity contribution in [3.8, 4) is 5.75 Å². The number of hydrogen-bond acceptors (Lipinski definition) is 6. The topological polar surface area (TPSA) is 113 Å². The fourth-order valence-electron chi connectivity index (χ4n) is 2.84. The number of hydrogen-bond donors (Lipinski definition) is 3. The van der Waals surface area contributed by atoms with Crippen molar-refractivity contribution in [2.45, 2.75) is 12.9 Å². The second kappa shape index (κ2) is 10.1. The summed E-state index contributed by atoms with van der Waals surface area (Å²) in [5.74, 6) is -0.282. The highest BCUT2D eigenvalue weighted by Gasteiger charge is 2.31. The lowest BCUT2D eigenvalue weighted by Crippen LogP contribution is -2.27. The number of rotatable bonds is 7. The molecule has 2 heterocycles. The van der Waals surface area contributed by atoms with Crippen molar-refractivity contribution in [2.75, 3.05) is 30.0 Å². The number of anilines is 3. The van der Waals surface area contributed by atoms with E-state index in [9.17, 15) is 22.8 Å². The Morgan fingerprint density at radius 1 is 1.15 bits per heavy atom. The molecule has 0 radical (unpaired) electrons. The van der Waals surface area contributed by atoms with E-state index < -0.39 is 18.0 Å². The van der Waals surface area contributed by atoms with E-state index in [1.54, 1.807) is 33.3 Å². The summed E-state index contributed by atoms with van der Waals surface area (Å²) in [6.45, 7) is 0.280. The minimum Gasteiger partial charge on any atom is -0.406 e. The Bertz CT molecular complexity index is 1180. The molecule has 0 aliphatic carbocycles. The number of urea groups is 1. The number of ether oxygens (including phenoxy) is 1. The molecule has 1 aromatic carbocycles. The first kappa shape index (κ1) is 24.4. The Kier molecular flexibility index (Phi) is 7.24. The standard InChI is InChI=1S/C21H22F3N7O3/c1-30(2)20(33)29-17-9-13(7-8-25-17)11-26-18-16(12-27-31(18)3)19(32)28-14-5-4-6-15(10-14)34-21(22,23)24/h4-10,12,26H,11H2,1-3H3,(H,28,32)(H,25,29,33). The SMILES string of the molecule is CN(C)C(=O)Nc1cc(CNc2c(C(=O)Nc3cccc(OC(F)(F)F)c3)cnn2C)ccn1. The molecule has 180 valence electrons. The average Bonchev–Trinajstić information content (AvgIpc) is 3.12. The van der Waals surface area contributed by atoms with Crippen LogP contribution in [0.4, 0.5) is 35.3 Å². The van der Waals surface area contributed by atoms with Gasteiger partial charge in [-0.1, -0.05) is 6.07 Å². The Hall–Kier alpha value is -4.29. The molecule has 10 nitrogen and oxygen atoms in total. The Balaban J connectivity index is 1.69. The van der Waals surface area contributed by atoms with Crippen molar-refractivity contribution >= 4 is 29.3 Å². The van der Waals surface area contributed by atoms with Gasteiger partial charge in [-0.15, -0.1) is 13.2 Å². The van der Waals surface area contributed by atoms with Gasteiger partial charge >= 0.3 is 12.4 Å². The number of pyridine rings is 1. The van der Waals surface area contributed by atoms with Gasteiger partial charge in [0, 0.05) is 45.6 Å². The lowest BCUT2D eigenvalue weighted by molar-refractivity contribution is -0.274. The van der Waals surface area contributed by atoms with E-state index >= 15 is 0 Å². The number of nitrogens with one attached hydrogen (secondary N) is 3. The maximum atomic E-state index is 12.8. The smallest absolute Gasteiger partial charge is 0.406 e. The lowest BCUT2D eigenvalue weighted by Gasteiger charge is -2.13. The van der Waals surface area contributed by atoms with Gasteiger partial charge in [0.05, 0.1) is 6.20 Å². The quantitative estimate of drug-likeness (QED) is 0.479. The molecule has 34 heavy (non-hydrogen) atoms. The molecule has 0 aliphatic rings. The van der Waals surface area contributed by atoms with Gasteiger partial charge in [0.15, 0.2) is 0 Å². The van der Waals surface area contributed by atoms with E-state index in [4.69, 9.17) is 0 Å². The van der Waals surface area contributed by atoms with Gasteiger partial charge in [0.1, 0.15) is 22.9 Å². The summed E-state index contributed by atoms with van der Waals surface area (Å²) < 4.78 is 42.7. The maximum absolute atomic E-state index is 12.8. The number of aromatic nitrogens is 3. The number of aryl methyl sites for hydroxylation is 1. The first-order chi connectivity index (χ1) is 16.0. The van der Waals surface area contributed by atoms with Crippen molar-refractivity contribution in [1.82, 2.24) is 19.7 Å². The molecule has 0 aliphatic heterocycles. The fourth-order valence-corrected chi connectivity index (χ4v) is 2.84. The van der Waals surface area contributed by atoms with Gasteiger partial charge in [-0.3, -0.25) is 14.8 Å². The third kappa shape index (κ3) is 6.60. The second-order valence-electron chi connectivity index (χ2n) is 7.29. The summed E-state index contributed by atoms with van der Waals surface area (Å²) in [6, 6.07) is 8.05. The van der Waals surface area contributed by atoms with E-state index in [0.29, 0.717) is 11.6 Å². The zero-order chi connectivity index (χ0) is 24.9. The zero-order valence-electron chi connectivity index (χ0n) is 18.5. The van der Waals surface area contributed by atoms with Gasteiger partial charge in [0.2, 0.25) is 0 Å². The monoisotopic (exact) mass is 477 g/mol. The molecule has 3 amide bonds. The van der Waals surface area contributed by atoms with E-state index in [0.717, 1.165) is 17.7 Å². The normalized spacial score (nSPS) is 11.0. The van der Waals surface area contributed by atoms with Crippen molar-refractivity contribution < 1.29 is 27.5 Å². The molecule has 0 fully saturated rings. The highest BCUT2D eigenvalue weighted by atomic mass is 19.4. The van der Waals surface area contributed by atoms with Crippen LogP contribution in [0.15, 0.2) is 48.8 Å². The van der Waals surface area contributed by atoms with E-state index in [1.165, 1.54) is 34.1 Å². The van der Waals surface area contributed by atoms with Crippen LogP contribution < -0.4 is 20.7 Å². The van der Waals surface area contributed by atoms with E-state index in [-0.39, 0.29) is 23.8 Å². The third-order valence-corrected chi connectivity index (χ3v) is 4.43. The molecule has 3 rings (SSSR count). The van der Waals surface area contributed by atoms with Crippen LogP contribution >= 0.6 is 0 Å². The summed E-state index contributed by atoms with van der Waals surface area (Å²) in [6.07, 6.45) is -1.97. The van der Waals surface area contributed by atoms with Crippen LogP contribution in [0.5, 0.6) is 5.75 Å². The predicted octanol–water partition coefficient (Wildman–Crippen LogP) is 3.67. The second-order valence-corrected chi connectivity index (χ2v) is 7.29. The highest BCUT2D eigenvalue weighted by molar-refractivity contribution is 6.07. The molecule has 2 aromatic heterocycles. The molecule has 3 N–H and O–H groups in total. The molecular weight excluding hydrogens is 455 g/mol. The van der Waals surface area contributed by atoms with Gasteiger partial charge in [-0.25, -0.2) is 9.78 Å². The number of nitrogens with zero attached hydrogens (tertiary/aromatic N) is 4. The summed E-state index contributed by atoms with van der Waals surface area (Å²) in [7, 11) is 4.84. The highest BCUT2D eigenvalue weighted by Crippen LogP contribution is 2.26. The number of benzene rings is 1. The number of amides is 3. The fraction of sp³-hybridized carbons (Fsp3) is 0.238. The molecule has 0 atom stereocenters. The van der Waals surface area contributed by atoms with Crippen LogP contribution in [0.2, 0.25) is 0 Å². The lowest BCUT2D eigenvalue weighted by atomic mass is 10.2. The van der Waals surface area contributed by atoms with Crippen molar-refractivity contribution in [3.63, 3.8) is 0 Å². The van der Waals surface area contributed by atoms with Crippen LogP contribution in [0, 0.1) is 0 Å². The minimum absolute atomic E-state index is 0.122. The third-order valence-electron chi connectivity index (χ3n) is 4.43. The molecule has 3 aromatic rings.